The molecular formula is C6H6BNO4. The first-order valence-corrected chi connectivity index (χ1v) is 3.42. The molecule has 2 radical (unpaired) electrons. The number of carbonyl (C=O) groups is 3. The number of hydrogen-bond donors (Lipinski definition) is 0. The van der Waals surface area contributed by atoms with E-state index < -0.39 is 17.8 Å². The van der Waals surface area contributed by atoms with Gasteiger partial charge in [0.05, 0.1) is 7.85 Å². The third-order valence-electron chi connectivity index (χ3n) is 1.37. The summed E-state index contributed by atoms with van der Waals surface area (Å²) in [7, 11) is 4.92. The number of hydroxylamine groups is 2. The largest absolute Gasteiger partial charge is 0.331 e. The van der Waals surface area contributed by atoms with Crippen molar-refractivity contribution >= 4 is 25.6 Å². The molecule has 1 heterocycles. The van der Waals surface area contributed by atoms with E-state index in [1.807, 2.05) is 0 Å². The molecule has 1 rings (SSSR count). The molecule has 0 N–H and O–H groups in total. The molecule has 0 aromatic heterocycles. The van der Waals surface area contributed by atoms with Crippen LogP contribution >= 0.6 is 0 Å². The third kappa shape index (κ3) is 1.64. The highest BCUT2D eigenvalue weighted by atomic mass is 16.7. The smallest absolute Gasteiger partial charge is 0.324 e. The van der Waals surface area contributed by atoms with Crippen LogP contribution in [0.4, 0.5) is 0 Å². The minimum Gasteiger partial charge on any atom is -0.331 e. The van der Waals surface area contributed by atoms with Crippen LogP contribution < -0.4 is 0 Å². The lowest BCUT2D eigenvalue weighted by Gasteiger charge is -2.11. The molecule has 5 nitrogen and oxygen atoms in total. The maximum atomic E-state index is 10.8. The molecule has 1 saturated heterocycles. The van der Waals surface area contributed by atoms with E-state index in [4.69, 9.17) is 7.85 Å². The predicted octanol–water partition coefficient (Wildman–Crippen LogP) is -0.820. The SMILES string of the molecule is [B]CC(=O)ON1C(=O)CCC1=O. The standard InChI is InChI=1S/C6H6BNO4/c7-3-6(11)12-8-4(9)1-2-5(8)10/h1-3H2. The van der Waals surface area contributed by atoms with Crippen LogP contribution in [0.5, 0.6) is 0 Å². The van der Waals surface area contributed by atoms with Crippen molar-refractivity contribution in [2.24, 2.45) is 0 Å². The number of hydrogen-bond acceptors (Lipinski definition) is 4. The molecule has 0 spiro atoms. The molecule has 0 aromatic rings. The molecule has 6 heteroatoms. The number of amides is 2. The van der Waals surface area contributed by atoms with Gasteiger partial charge in [-0.1, -0.05) is 0 Å². The molecule has 0 unspecified atom stereocenters. The lowest BCUT2D eigenvalue weighted by atomic mass is 10.1. The Hall–Kier alpha value is -1.33. The molecule has 1 fully saturated rings. The van der Waals surface area contributed by atoms with Crippen molar-refractivity contribution in [2.45, 2.75) is 19.2 Å². The summed E-state index contributed by atoms with van der Waals surface area (Å²) >= 11 is 0. The van der Waals surface area contributed by atoms with Gasteiger partial charge >= 0.3 is 5.97 Å². The van der Waals surface area contributed by atoms with Gasteiger partial charge in [0.2, 0.25) is 0 Å². The van der Waals surface area contributed by atoms with Crippen LogP contribution in [0.3, 0.4) is 0 Å². The summed E-state index contributed by atoms with van der Waals surface area (Å²) < 4.78 is 0. The van der Waals surface area contributed by atoms with Crippen LogP contribution in [-0.4, -0.2) is 30.7 Å². The Morgan fingerprint density at radius 3 is 2.33 bits per heavy atom. The molecule has 0 atom stereocenters. The van der Waals surface area contributed by atoms with Crippen molar-refractivity contribution in [3.05, 3.63) is 0 Å². The average Bonchev–Trinajstić information content (AvgIpc) is 2.35. The van der Waals surface area contributed by atoms with E-state index in [0.717, 1.165) is 0 Å². The van der Waals surface area contributed by atoms with E-state index >= 15 is 0 Å². The Kier molecular flexibility index (Phi) is 2.47. The number of nitrogens with zero attached hydrogens (tertiary/aromatic N) is 1. The molecule has 1 aliphatic heterocycles. The molecule has 0 aromatic carbocycles. The monoisotopic (exact) mass is 167 g/mol. The highest BCUT2D eigenvalue weighted by Crippen LogP contribution is 2.12. The van der Waals surface area contributed by atoms with Crippen molar-refractivity contribution in [3.8, 4) is 0 Å². The number of rotatable bonds is 2. The molecule has 0 bridgehead atoms. The van der Waals surface area contributed by atoms with Gasteiger partial charge in [0, 0.05) is 19.2 Å². The van der Waals surface area contributed by atoms with Crippen molar-refractivity contribution in [2.75, 3.05) is 0 Å². The Balaban J connectivity index is 2.56. The van der Waals surface area contributed by atoms with Crippen LogP contribution in [0, 0.1) is 0 Å². The summed E-state index contributed by atoms with van der Waals surface area (Å²) in [4.78, 5) is 36.6. The van der Waals surface area contributed by atoms with Crippen LogP contribution in [0.25, 0.3) is 0 Å². The second-order valence-corrected chi connectivity index (χ2v) is 2.25. The number of imide groups is 1. The van der Waals surface area contributed by atoms with E-state index in [1.54, 1.807) is 0 Å². The Bertz CT molecular complexity index is 224. The normalized spacial score (nSPS) is 16.8. The quantitative estimate of drug-likeness (QED) is 0.398. The Morgan fingerprint density at radius 2 is 1.92 bits per heavy atom. The van der Waals surface area contributed by atoms with Crippen LogP contribution in [-0.2, 0) is 19.2 Å². The second-order valence-electron chi connectivity index (χ2n) is 2.25. The zero-order valence-electron chi connectivity index (χ0n) is 6.28. The van der Waals surface area contributed by atoms with Crippen molar-refractivity contribution in [1.29, 1.82) is 0 Å². The summed E-state index contributed by atoms with van der Waals surface area (Å²) in [6, 6.07) is 0. The molecule has 62 valence electrons. The Morgan fingerprint density at radius 1 is 1.42 bits per heavy atom. The first-order chi connectivity index (χ1) is 5.65. The molecule has 0 saturated carbocycles. The van der Waals surface area contributed by atoms with Crippen LogP contribution in [0.2, 0.25) is 6.32 Å². The minimum atomic E-state index is -0.793. The topological polar surface area (TPSA) is 63.7 Å². The van der Waals surface area contributed by atoms with Gasteiger partial charge in [-0.2, -0.15) is 0 Å². The van der Waals surface area contributed by atoms with Gasteiger partial charge in [-0.05, 0) is 0 Å². The van der Waals surface area contributed by atoms with Crippen molar-refractivity contribution in [3.63, 3.8) is 0 Å². The average molecular weight is 167 g/mol. The molecule has 0 aliphatic carbocycles. The molecule has 12 heavy (non-hydrogen) atoms. The zero-order chi connectivity index (χ0) is 9.14. The van der Waals surface area contributed by atoms with E-state index in [9.17, 15) is 14.4 Å². The first-order valence-electron chi connectivity index (χ1n) is 3.42. The molecule has 2 amide bonds. The van der Waals surface area contributed by atoms with Crippen molar-refractivity contribution in [1.82, 2.24) is 5.06 Å². The minimum absolute atomic E-state index is 0.0939. The fraction of sp³-hybridized carbons (Fsp3) is 0.500. The summed E-state index contributed by atoms with van der Waals surface area (Å²) in [5.74, 6) is -1.79. The Labute approximate surface area is 70.0 Å². The first kappa shape index (κ1) is 8.77. The maximum Gasteiger partial charge on any atom is 0.324 e. The summed E-state index contributed by atoms with van der Waals surface area (Å²) in [5, 5.41) is 0.467. The fourth-order valence-corrected chi connectivity index (χ4v) is 0.797. The summed E-state index contributed by atoms with van der Waals surface area (Å²) in [6.07, 6.45) is -0.162. The highest BCUT2D eigenvalue weighted by molar-refractivity contribution is 6.18. The lowest BCUT2D eigenvalue weighted by Crippen LogP contribution is -2.31. The third-order valence-corrected chi connectivity index (χ3v) is 1.37. The lowest BCUT2D eigenvalue weighted by molar-refractivity contribution is -0.195. The van der Waals surface area contributed by atoms with Gasteiger partial charge in [0.25, 0.3) is 11.8 Å². The van der Waals surface area contributed by atoms with Gasteiger partial charge in [-0.25, -0.2) is 0 Å². The van der Waals surface area contributed by atoms with Gasteiger partial charge < -0.3 is 4.84 Å². The second kappa shape index (κ2) is 3.38. The van der Waals surface area contributed by atoms with E-state index in [0.29, 0.717) is 5.06 Å². The molecule has 1 aliphatic rings. The van der Waals surface area contributed by atoms with Crippen LogP contribution in [0.1, 0.15) is 12.8 Å². The van der Waals surface area contributed by atoms with Gasteiger partial charge in [0.15, 0.2) is 0 Å². The van der Waals surface area contributed by atoms with Crippen molar-refractivity contribution < 1.29 is 19.2 Å². The van der Waals surface area contributed by atoms with E-state index in [2.05, 4.69) is 4.84 Å². The summed E-state index contributed by atoms with van der Waals surface area (Å²) in [5.41, 5.74) is 0. The van der Waals surface area contributed by atoms with E-state index in [-0.39, 0.29) is 19.2 Å². The number of carbonyl (C=O) groups excluding carboxylic acids is 3. The fourth-order valence-electron chi connectivity index (χ4n) is 0.797. The zero-order valence-corrected chi connectivity index (χ0v) is 6.28. The highest BCUT2D eigenvalue weighted by Gasteiger charge is 2.32. The van der Waals surface area contributed by atoms with Gasteiger partial charge in [0.1, 0.15) is 0 Å². The van der Waals surface area contributed by atoms with Gasteiger partial charge in [-0.3, -0.25) is 14.4 Å². The predicted molar refractivity (Wildman–Crippen MR) is 37.7 cm³/mol. The maximum absolute atomic E-state index is 10.8. The van der Waals surface area contributed by atoms with Crippen LogP contribution in [0.15, 0.2) is 0 Å². The summed E-state index contributed by atoms with van der Waals surface area (Å²) in [6.45, 7) is 0. The molecular weight excluding hydrogens is 161 g/mol. The van der Waals surface area contributed by atoms with E-state index in [1.165, 1.54) is 0 Å². The van der Waals surface area contributed by atoms with Gasteiger partial charge in [-0.15, -0.1) is 5.06 Å².